The highest BCUT2D eigenvalue weighted by molar-refractivity contribution is 6.40. The Morgan fingerprint density at radius 1 is 1.03 bits per heavy atom. The fraction of sp³-hybridized carbons (Fsp3) is 0.182. The molecule has 0 atom stereocenters. The normalized spacial score (nSPS) is 10.5. The number of aromatic nitrogens is 1. The Kier molecular flexibility index (Phi) is 7.50. The summed E-state index contributed by atoms with van der Waals surface area (Å²) in [6, 6.07) is 9.37. The molecule has 0 radical (unpaired) electrons. The van der Waals surface area contributed by atoms with Crippen molar-refractivity contribution in [1.29, 1.82) is 0 Å². The average molecular weight is 475 g/mol. The molecular weight excluding hydrogens is 455 g/mol. The summed E-state index contributed by atoms with van der Waals surface area (Å²) in [5.41, 5.74) is 2.20. The second-order valence-corrected chi connectivity index (χ2v) is 7.50. The molecule has 0 aliphatic heterocycles. The largest absolute Gasteiger partial charge is 0.465 e. The number of hydrogen-bond donors (Lipinski definition) is 3. The lowest BCUT2D eigenvalue weighted by atomic mass is 10.1. The first-order valence-electron chi connectivity index (χ1n) is 9.66. The van der Waals surface area contributed by atoms with Gasteiger partial charge in [-0.1, -0.05) is 41.4 Å². The lowest BCUT2D eigenvalue weighted by molar-refractivity contribution is -0.141. The summed E-state index contributed by atoms with van der Waals surface area (Å²) >= 11 is 12.3. The molecule has 3 rings (SSSR count). The third-order valence-electron chi connectivity index (χ3n) is 4.46. The highest BCUT2D eigenvalue weighted by atomic mass is 35.5. The molecule has 1 aromatic heterocycles. The number of esters is 1. The van der Waals surface area contributed by atoms with Gasteiger partial charge in [-0.2, -0.15) is 0 Å². The Bertz CT molecular complexity index is 1180. The van der Waals surface area contributed by atoms with E-state index in [4.69, 9.17) is 27.9 Å². The van der Waals surface area contributed by atoms with E-state index in [1.165, 1.54) is 0 Å². The van der Waals surface area contributed by atoms with Crippen LogP contribution < -0.4 is 16.0 Å². The Balaban J connectivity index is 1.88. The predicted molar refractivity (Wildman–Crippen MR) is 125 cm³/mol. The summed E-state index contributed by atoms with van der Waals surface area (Å²) in [4.78, 5) is 41.0. The van der Waals surface area contributed by atoms with Gasteiger partial charge in [-0.25, -0.2) is 4.79 Å². The highest BCUT2D eigenvalue weighted by Gasteiger charge is 2.18. The van der Waals surface area contributed by atoms with Crippen LogP contribution in [-0.4, -0.2) is 36.0 Å². The molecule has 0 saturated heterocycles. The number of anilines is 2. The van der Waals surface area contributed by atoms with Gasteiger partial charge in [-0.3, -0.25) is 14.6 Å². The molecule has 0 spiro atoms. The van der Waals surface area contributed by atoms with Crippen molar-refractivity contribution in [1.82, 2.24) is 10.3 Å². The van der Waals surface area contributed by atoms with Gasteiger partial charge in [0.15, 0.2) is 0 Å². The molecule has 0 fully saturated rings. The second-order valence-electron chi connectivity index (χ2n) is 6.68. The molecule has 3 N–H and O–H groups in total. The maximum absolute atomic E-state index is 12.8. The van der Waals surface area contributed by atoms with Crippen LogP contribution in [0.2, 0.25) is 10.0 Å². The molecule has 3 aromatic rings. The summed E-state index contributed by atoms with van der Waals surface area (Å²) in [5, 5.41) is 8.99. The van der Waals surface area contributed by atoms with Crippen LogP contribution in [-0.2, 0) is 9.53 Å². The van der Waals surface area contributed by atoms with E-state index >= 15 is 0 Å². The zero-order valence-electron chi connectivity index (χ0n) is 17.3. The summed E-state index contributed by atoms with van der Waals surface area (Å²) in [5.74, 6) is -1.03. The van der Waals surface area contributed by atoms with Gasteiger partial charge < -0.3 is 20.7 Å². The first kappa shape index (κ1) is 23.3. The zero-order valence-corrected chi connectivity index (χ0v) is 18.8. The lowest BCUT2D eigenvalue weighted by Crippen LogP contribution is -2.34. The molecule has 166 valence electrons. The van der Waals surface area contributed by atoms with Crippen molar-refractivity contribution in [3.8, 4) is 0 Å². The molecule has 0 unspecified atom stereocenters. The van der Waals surface area contributed by atoms with Crippen molar-refractivity contribution < 1.29 is 19.1 Å². The Morgan fingerprint density at radius 2 is 1.72 bits per heavy atom. The third-order valence-corrected chi connectivity index (χ3v) is 5.09. The minimum atomic E-state index is -0.578. The number of carbonyl (C=O) groups is 3. The Hall–Kier alpha value is -3.36. The van der Waals surface area contributed by atoms with Crippen LogP contribution in [0, 0.1) is 6.92 Å². The number of nitrogens with one attached hydrogen (secondary N) is 3. The van der Waals surface area contributed by atoms with Crippen molar-refractivity contribution in [3.05, 3.63) is 63.8 Å². The number of fused-ring (bicyclic) bond motifs is 1. The Labute approximate surface area is 194 Å². The number of amides is 3. The van der Waals surface area contributed by atoms with Gasteiger partial charge in [-0.05, 0) is 37.6 Å². The third kappa shape index (κ3) is 5.27. The molecule has 2 aromatic carbocycles. The quantitative estimate of drug-likeness (QED) is 0.445. The minimum absolute atomic E-state index is 0.150. The lowest BCUT2D eigenvalue weighted by Gasteiger charge is -2.15. The number of aryl methyl sites for hydroxylation is 1. The van der Waals surface area contributed by atoms with Gasteiger partial charge in [-0.15, -0.1) is 0 Å². The van der Waals surface area contributed by atoms with Gasteiger partial charge in [0.25, 0.3) is 5.91 Å². The summed E-state index contributed by atoms with van der Waals surface area (Å²) in [7, 11) is 0. The highest BCUT2D eigenvalue weighted by Crippen LogP contribution is 2.31. The maximum Gasteiger partial charge on any atom is 0.325 e. The molecule has 8 nitrogen and oxygen atoms in total. The fourth-order valence-corrected chi connectivity index (χ4v) is 3.58. The molecule has 32 heavy (non-hydrogen) atoms. The van der Waals surface area contributed by atoms with E-state index in [-0.39, 0.29) is 28.8 Å². The smallest absolute Gasteiger partial charge is 0.325 e. The van der Waals surface area contributed by atoms with Crippen LogP contribution in [0.25, 0.3) is 10.9 Å². The van der Waals surface area contributed by atoms with Crippen molar-refractivity contribution >= 4 is 63.4 Å². The van der Waals surface area contributed by atoms with E-state index in [0.717, 1.165) is 0 Å². The molecule has 10 heteroatoms. The number of rotatable bonds is 6. The predicted octanol–water partition coefficient (Wildman–Crippen LogP) is 4.79. The van der Waals surface area contributed by atoms with E-state index in [0.29, 0.717) is 27.8 Å². The average Bonchev–Trinajstić information content (AvgIpc) is 2.74. The molecule has 0 bridgehead atoms. The van der Waals surface area contributed by atoms with Gasteiger partial charge in [0.2, 0.25) is 0 Å². The van der Waals surface area contributed by atoms with Crippen LogP contribution in [0.1, 0.15) is 22.8 Å². The van der Waals surface area contributed by atoms with Crippen molar-refractivity contribution in [3.63, 3.8) is 0 Å². The molecule has 0 aliphatic rings. The molecule has 3 amide bonds. The van der Waals surface area contributed by atoms with Crippen molar-refractivity contribution in [2.45, 2.75) is 13.8 Å². The molecule has 0 aliphatic carbocycles. The number of benzene rings is 2. The zero-order chi connectivity index (χ0) is 23.3. The van der Waals surface area contributed by atoms with Gasteiger partial charge in [0.1, 0.15) is 6.54 Å². The maximum atomic E-state index is 12.8. The van der Waals surface area contributed by atoms with E-state index in [9.17, 15) is 14.4 Å². The van der Waals surface area contributed by atoms with Crippen LogP contribution >= 0.6 is 23.2 Å². The van der Waals surface area contributed by atoms with E-state index in [1.54, 1.807) is 56.4 Å². The van der Waals surface area contributed by atoms with Crippen LogP contribution in [0.15, 0.2) is 42.6 Å². The topological polar surface area (TPSA) is 109 Å². The number of pyridine rings is 1. The van der Waals surface area contributed by atoms with Gasteiger partial charge in [0, 0.05) is 11.6 Å². The number of carbonyl (C=O) groups excluding carboxylic acids is 3. The van der Waals surface area contributed by atoms with Gasteiger partial charge >= 0.3 is 12.0 Å². The molecule has 0 saturated carbocycles. The Morgan fingerprint density at radius 3 is 2.41 bits per heavy atom. The van der Waals surface area contributed by atoms with E-state index < -0.39 is 17.9 Å². The first-order valence-corrected chi connectivity index (χ1v) is 10.4. The molecular formula is C22H20Cl2N4O4. The number of urea groups is 1. The summed E-state index contributed by atoms with van der Waals surface area (Å²) in [6.07, 6.45) is 1.57. The number of nitrogens with zero attached hydrogens (tertiary/aromatic N) is 1. The monoisotopic (exact) mass is 474 g/mol. The van der Waals surface area contributed by atoms with Gasteiger partial charge in [0.05, 0.1) is 39.1 Å². The van der Waals surface area contributed by atoms with Crippen molar-refractivity contribution in [2.75, 3.05) is 23.8 Å². The SMILES string of the molecule is CCOC(=O)CNC(=O)Nc1c(C)cnc2c(NC(=O)c3c(Cl)cccc3Cl)cccc12. The standard InChI is InChI=1S/C22H20Cl2N4O4/c1-3-32-17(29)11-26-22(31)28-19-12(2)10-25-20-13(19)6-4-9-16(20)27-21(30)18-14(23)7-5-8-15(18)24/h4-10H,3,11H2,1-2H3,(H,27,30)(H2,25,26,28,31). The number of ether oxygens (including phenoxy) is 1. The van der Waals surface area contributed by atoms with Crippen LogP contribution in [0.3, 0.4) is 0 Å². The van der Waals surface area contributed by atoms with Crippen LogP contribution in [0.4, 0.5) is 16.2 Å². The summed E-state index contributed by atoms with van der Waals surface area (Å²) < 4.78 is 4.79. The first-order chi connectivity index (χ1) is 15.3. The van der Waals surface area contributed by atoms with Crippen LogP contribution in [0.5, 0.6) is 0 Å². The summed E-state index contributed by atoms with van der Waals surface area (Å²) in [6.45, 7) is 3.43. The fourth-order valence-electron chi connectivity index (χ4n) is 3.01. The van der Waals surface area contributed by atoms with E-state index in [1.807, 2.05) is 0 Å². The second kappa shape index (κ2) is 10.3. The number of hydrogen-bond acceptors (Lipinski definition) is 5. The van der Waals surface area contributed by atoms with Crippen molar-refractivity contribution in [2.24, 2.45) is 0 Å². The number of para-hydroxylation sites is 1. The molecule has 1 heterocycles. The van der Waals surface area contributed by atoms with E-state index in [2.05, 4.69) is 20.9 Å². The minimum Gasteiger partial charge on any atom is -0.465 e. The number of halogens is 2.